The fraction of sp³-hybridized carbons (Fsp3) is 0.444. The van der Waals surface area contributed by atoms with E-state index in [1.54, 1.807) is 6.07 Å². The third-order valence-electron chi connectivity index (χ3n) is 8.10. The number of fused-ring (bicyclic) bond motifs is 2. The van der Waals surface area contributed by atoms with E-state index in [9.17, 15) is 36.3 Å². The van der Waals surface area contributed by atoms with E-state index in [4.69, 9.17) is 0 Å². The minimum Gasteiger partial charge on any atom is -0.332 e. The van der Waals surface area contributed by atoms with Crippen LogP contribution in [0.25, 0.3) is 21.5 Å². The van der Waals surface area contributed by atoms with Crippen molar-refractivity contribution in [1.82, 2.24) is 19.8 Å². The van der Waals surface area contributed by atoms with Crippen molar-refractivity contribution in [3.63, 3.8) is 0 Å². The molecule has 3 fully saturated rings. The van der Waals surface area contributed by atoms with E-state index in [-0.39, 0.29) is 76.9 Å². The van der Waals surface area contributed by atoms with Crippen LogP contribution in [0.3, 0.4) is 0 Å². The van der Waals surface area contributed by atoms with Crippen LogP contribution >= 0.6 is 23.7 Å². The van der Waals surface area contributed by atoms with Crippen LogP contribution in [-0.2, 0) is 22.3 Å². The van der Waals surface area contributed by atoms with Gasteiger partial charge < -0.3 is 4.90 Å². The molecule has 2 aliphatic heterocycles. The van der Waals surface area contributed by atoms with E-state index >= 15 is 0 Å². The van der Waals surface area contributed by atoms with Gasteiger partial charge in [0, 0.05) is 29.6 Å². The first kappa shape index (κ1) is 29.3. The number of piperidine rings is 1. The Balaban J connectivity index is 0.00000337. The molecule has 0 spiro atoms. The minimum atomic E-state index is -4.82. The molecule has 1 aliphatic carbocycles. The Morgan fingerprint density at radius 3 is 2.39 bits per heavy atom. The van der Waals surface area contributed by atoms with Crippen molar-refractivity contribution in [2.24, 2.45) is 17.3 Å². The number of likely N-dealkylation sites (tertiary alicyclic amines) is 2. The Labute approximate surface area is 241 Å². The third kappa shape index (κ3) is 4.66. The zero-order valence-corrected chi connectivity index (χ0v) is 23.6. The summed E-state index contributed by atoms with van der Waals surface area (Å²) in [6.07, 6.45) is -4.00. The van der Waals surface area contributed by atoms with E-state index in [1.807, 2.05) is 13.8 Å². The van der Waals surface area contributed by atoms with Gasteiger partial charge in [0.15, 0.2) is 0 Å². The number of nitrogens with zero attached hydrogens (tertiary/aromatic N) is 4. The summed E-state index contributed by atoms with van der Waals surface area (Å²) in [6, 6.07) is 3.80. The summed E-state index contributed by atoms with van der Waals surface area (Å²) in [5, 5.41) is 0. The molecule has 0 aromatic carbocycles. The van der Waals surface area contributed by atoms with Gasteiger partial charge in [-0.15, -0.1) is 23.7 Å². The van der Waals surface area contributed by atoms with Crippen molar-refractivity contribution in [3.8, 4) is 11.3 Å². The van der Waals surface area contributed by atoms with Crippen molar-refractivity contribution in [2.45, 2.75) is 45.8 Å². The highest BCUT2D eigenvalue weighted by atomic mass is 35.5. The summed E-state index contributed by atoms with van der Waals surface area (Å²) < 4.78 is 69.5. The SMILES string of the molecule is Cc1cc(C(F)(F)F)nc(-c2ccnc3cc(CN4C(=O)C5C(C4=O)C5(C)C)sc23)c1C(=O)N1CCC(F)(F)C1.Cl. The van der Waals surface area contributed by atoms with Gasteiger partial charge in [0.1, 0.15) is 5.69 Å². The van der Waals surface area contributed by atoms with Crippen LogP contribution in [0.1, 0.15) is 46.8 Å². The number of carbonyl (C=O) groups excluding carboxylic acids is 3. The van der Waals surface area contributed by atoms with Crippen molar-refractivity contribution in [3.05, 3.63) is 46.1 Å². The first-order valence-corrected chi connectivity index (χ1v) is 13.4. The summed E-state index contributed by atoms with van der Waals surface area (Å²) in [4.78, 5) is 49.9. The van der Waals surface area contributed by atoms with E-state index < -0.39 is 36.7 Å². The van der Waals surface area contributed by atoms with Gasteiger partial charge in [0.25, 0.3) is 11.8 Å². The normalized spacial score (nSPS) is 22.7. The summed E-state index contributed by atoms with van der Waals surface area (Å²) in [5.74, 6) is -5.13. The molecule has 3 aromatic rings. The molecule has 2 atom stereocenters. The predicted octanol–water partition coefficient (Wildman–Crippen LogP) is 5.73. The van der Waals surface area contributed by atoms with E-state index in [0.717, 1.165) is 22.3 Å². The molecule has 3 amide bonds. The van der Waals surface area contributed by atoms with Gasteiger partial charge in [-0.25, -0.2) is 13.8 Å². The molecule has 5 heterocycles. The van der Waals surface area contributed by atoms with Crippen LogP contribution in [0.5, 0.6) is 0 Å². The number of halogens is 6. The second kappa shape index (κ2) is 9.41. The van der Waals surface area contributed by atoms with E-state index in [1.165, 1.54) is 24.1 Å². The molecule has 0 radical (unpaired) electrons. The molecule has 0 bridgehead atoms. The Bertz CT molecular complexity index is 1600. The Morgan fingerprint density at radius 1 is 1.15 bits per heavy atom. The fourth-order valence-corrected chi connectivity index (χ4v) is 7.03. The molecule has 2 unspecified atom stereocenters. The monoisotopic (exact) mass is 614 g/mol. The highest BCUT2D eigenvalue weighted by Gasteiger charge is 2.72. The molecule has 1 saturated carbocycles. The zero-order valence-electron chi connectivity index (χ0n) is 22.0. The van der Waals surface area contributed by atoms with Gasteiger partial charge in [-0.2, -0.15) is 13.2 Å². The maximum absolute atomic E-state index is 13.9. The maximum Gasteiger partial charge on any atom is 0.433 e. The van der Waals surface area contributed by atoms with Crippen LogP contribution in [0.4, 0.5) is 22.0 Å². The number of hydrogen-bond acceptors (Lipinski definition) is 6. The second-order valence-electron chi connectivity index (χ2n) is 11.2. The standard InChI is InChI=1S/C27H23F5N4O3S.ClH/c1-12-8-16(27(30,31)32)34-20(17(12)22(37)35-7-5-26(28,29)11-35)14-4-6-33-15-9-13(40-21(14)15)10-36-23(38)18-19(24(36)39)25(18,2)3;/h4,6,8-9,18-19H,5,7,10-11H2,1-3H3;1H. The average molecular weight is 615 g/mol. The number of hydrogen-bond donors (Lipinski definition) is 0. The van der Waals surface area contributed by atoms with E-state index in [0.29, 0.717) is 15.1 Å². The van der Waals surface area contributed by atoms with Crippen LogP contribution in [0.15, 0.2) is 24.4 Å². The molecule has 218 valence electrons. The molecule has 7 nitrogen and oxygen atoms in total. The Hall–Kier alpha value is -3.19. The van der Waals surface area contributed by atoms with Gasteiger partial charge in [-0.3, -0.25) is 24.3 Å². The number of alkyl halides is 5. The lowest BCUT2D eigenvalue weighted by Gasteiger charge is -2.21. The summed E-state index contributed by atoms with van der Waals surface area (Å²) in [6.45, 7) is 3.98. The lowest BCUT2D eigenvalue weighted by Crippen LogP contribution is -2.35. The number of aryl methyl sites for hydroxylation is 1. The largest absolute Gasteiger partial charge is 0.433 e. The van der Waals surface area contributed by atoms with Crippen molar-refractivity contribution < 1.29 is 36.3 Å². The number of carbonyl (C=O) groups is 3. The topological polar surface area (TPSA) is 83.5 Å². The Morgan fingerprint density at radius 2 is 1.80 bits per heavy atom. The molecule has 3 aliphatic rings. The molecule has 14 heteroatoms. The Kier molecular flexibility index (Phi) is 6.73. The fourth-order valence-electron chi connectivity index (χ4n) is 5.92. The molecule has 6 rings (SSSR count). The summed E-state index contributed by atoms with van der Waals surface area (Å²) in [7, 11) is 0. The quantitative estimate of drug-likeness (QED) is 0.277. The van der Waals surface area contributed by atoms with Gasteiger partial charge in [-0.05, 0) is 36.1 Å². The van der Waals surface area contributed by atoms with Gasteiger partial charge in [-0.1, -0.05) is 13.8 Å². The molecule has 0 N–H and O–H groups in total. The highest BCUT2D eigenvalue weighted by molar-refractivity contribution is 7.19. The lowest BCUT2D eigenvalue weighted by molar-refractivity contribution is -0.144. The van der Waals surface area contributed by atoms with Gasteiger partial charge >= 0.3 is 6.18 Å². The van der Waals surface area contributed by atoms with Crippen molar-refractivity contribution in [2.75, 3.05) is 13.1 Å². The number of imide groups is 1. The summed E-state index contributed by atoms with van der Waals surface area (Å²) >= 11 is 1.12. The van der Waals surface area contributed by atoms with E-state index in [2.05, 4.69) is 9.97 Å². The molecular weight excluding hydrogens is 591 g/mol. The molecule has 3 aromatic heterocycles. The number of aromatic nitrogens is 2. The number of pyridine rings is 2. The summed E-state index contributed by atoms with van der Waals surface area (Å²) in [5.41, 5.74) is -1.56. The van der Waals surface area contributed by atoms with Gasteiger partial charge in [0.2, 0.25) is 11.8 Å². The molecule has 41 heavy (non-hydrogen) atoms. The molecule has 2 saturated heterocycles. The number of thiophene rings is 1. The lowest BCUT2D eigenvalue weighted by atomic mass is 9.99. The van der Waals surface area contributed by atoms with Gasteiger partial charge in [0.05, 0.1) is 46.4 Å². The average Bonchev–Trinajstić information content (AvgIpc) is 3.19. The van der Waals surface area contributed by atoms with Crippen molar-refractivity contribution >= 4 is 51.7 Å². The first-order chi connectivity index (χ1) is 18.6. The van der Waals surface area contributed by atoms with Crippen LogP contribution < -0.4 is 0 Å². The van der Waals surface area contributed by atoms with Crippen molar-refractivity contribution in [1.29, 1.82) is 0 Å². The molecular formula is C27H24ClF5N4O3S. The smallest absolute Gasteiger partial charge is 0.332 e. The highest BCUT2D eigenvalue weighted by Crippen LogP contribution is 2.63. The number of rotatable bonds is 4. The van der Waals surface area contributed by atoms with Crippen LogP contribution in [-0.4, -0.2) is 56.5 Å². The second-order valence-corrected chi connectivity index (χ2v) is 12.3. The minimum absolute atomic E-state index is 0. The first-order valence-electron chi connectivity index (χ1n) is 12.6. The predicted molar refractivity (Wildman–Crippen MR) is 142 cm³/mol. The van der Waals surface area contributed by atoms with Crippen LogP contribution in [0, 0.1) is 24.2 Å². The zero-order chi connectivity index (χ0) is 28.9. The van der Waals surface area contributed by atoms with Crippen LogP contribution in [0.2, 0.25) is 0 Å². The maximum atomic E-state index is 13.9. The third-order valence-corrected chi connectivity index (χ3v) is 9.24. The number of amides is 3.